The molecule has 0 radical (unpaired) electrons. The van der Waals surface area contributed by atoms with Crippen LogP contribution in [0.1, 0.15) is 18.5 Å². The largest absolute Gasteiger partial charge is 0.475 e. The number of piperidine rings is 1. The monoisotopic (exact) mass is 343 g/mol. The van der Waals surface area contributed by atoms with Crippen LogP contribution >= 0.6 is 0 Å². The molecular formula is C19H22FN3O2. The molecule has 2 aliphatic rings. The van der Waals surface area contributed by atoms with E-state index in [4.69, 9.17) is 9.47 Å². The van der Waals surface area contributed by atoms with Gasteiger partial charge in [-0.3, -0.25) is 9.88 Å². The number of likely N-dealkylation sites (tertiary alicyclic amines) is 1. The van der Waals surface area contributed by atoms with Crippen molar-refractivity contribution in [2.24, 2.45) is 5.41 Å². The van der Waals surface area contributed by atoms with E-state index in [-0.39, 0.29) is 17.4 Å². The minimum atomic E-state index is -0.421. The van der Waals surface area contributed by atoms with Crippen LogP contribution in [0.4, 0.5) is 4.39 Å². The molecule has 0 aliphatic carbocycles. The molecule has 0 amide bonds. The van der Waals surface area contributed by atoms with Crippen molar-refractivity contribution in [3.8, 4) is 5.88 Å². The molecule has 2 saturated heterocycles. The standard InChI is InChI=1S/C19H22FN3O2/c20-16-5-3-9-22-18(16)25-14-19-7-11-24-17(19)6-10-23(13-19)12-15-4-1-2-8-21-15/h1-5,8-9,17H,6-7,10-14H2/t17-,19+/m0/s1. The molecular weight excluding hydrogens is 321 g/mol. The third-order valence-corrected chi connectivity index (χ3v) is 5.18. The lowest BCUT2D eigenvalue weighted by Gasteiger charge is -2.43. The second kappa shape index (κ2) is 7.06. The Kier molecular flexibility index (Phi) is 4.63. The van der Waals surface area contributed by atoms with E-state index in [2.05, 4.69) is 14.9 Å². The molecule has 4 rings (SSSR count). The molecule has 4 heterocycles. The van der Waals surface area contributed by atoms with Crippen LogP contribution in [0.2, 0.25) is 0 Å². The summed E-state index contributed by atoms with van der Waals surface area (Å²) in [5.41, 5.74) is 0.948. The van der Waals surface area contributed by atoms with Crippen molar-refractivity contribution in [2.45, 2.75) is 25.5 Å². The predicted octanol–water partition coefficient (Wildman–Crippen LogP) is 2.68. The van der Waals surface area contributed by atoms with E-state index in [1.165, 1.54) is 6.07 Å². The first-order valence-corrected chi connectivity index (χ1v) is 8.72. The van der Waals surface area contributed by atoms with E-state index in [1.54, 1.807) is 12.3 Å². The van der Waals surface area contributed by atoms with Gasteiger partial charge in [0.25, 0.3) is 0 Å². The van der Waals surface area contributed by atoms with Crippen LogP contribution in [0, 0.1) is 11.2 Å². The van der Waals surface area contributed by atoms with Crippen molar-refractivity contribution in [3.05, 3.63) is 54.2 Å². The highest BCUT2D eigenvalue weighted by Gasteiger charge is 2.48. The Hall–Kier alpha value is -2.05. The zero-order valence-corrected chi connectivity index (χ0v) is 14.1. The van der Waals surface area contributed by atoms with Crippen molar-refractivity contribution in [1.82, 2.24) is 14.9 Å². The van der Waals surface area contributed by atoms with E-state index in [9.17, 15) is 4.39 Å². The predicted molar refractivity (Wildman–Crippen MR) is 90.6 cm³/mol. The number of rotatable bonds is 5. The first-order valence-electron chi connectivity index (χ1n) is 8.72. The lowest BCUT2D eigenvalue weighted by molar-refractivity contribution is -0.0428. The number of ether oxygens (including phenoxy) is 2. The highest BCUT2D eigenvalue weighted by Crippen LogP contribution is 2.41. The molecule has 0 saturated carbocycles. The lowest BCUT2D eigenvalue weighted by Crippen LogP contribution is -2.52. The number of aromatic nitrogens is 2. The van der Waals surface area contributed by atoms with Gasteiger partial charge in [-0.05, 0) is 37.1 Å². The Balaban J connectivity index is 1.46. The van der Waals surface area contributed by atoms with Crippen LogP contribution in [0.5, 0.6) is 5.88 Å². The van der Waals surface area contributed by atoms with Gasteiger partial charge in [0.15, 0.2) is 5.82 Å². The molecule has 2 atom stereocenters. The van der Waals surface area contributed by atoms with Crippen LogP contribution in [-0.4, -0.2) is 47.3 Å². The minimum Gasteiger partial charge on any atom is -0.475 e. The fraction of sp³-hybridized carbons (Fsp3) is 0.474. The molecule has 2 aromatic heterocycles. The van der Waals surface area contributed by atoms with Crippen molar-refractivity contribution >= 4 is 0 Å². The Bertz CT molecular complexity index is 715. The SMILES string of the molecule is Fc1cccnc1OC[C@]12CCO[C@H]1CCN(Cc1ccccn1)C2. The van der Waals surface area contributed by atoms with Crippen molar-refractivity contribution in [1.29, 1.82) is 0 Å². The zero-order chi connectivity index (χ0) is 17.1. The normalized spacial score (nSPS) is 26.4. The van der Waals surface area contributed by atoms with Crippen molar-refractivity contribution in [3.63, 3.8) is 0 Å². The summed E-state index contributed by atoms with van der Waals surface area (Å²) in [4.78, 5) is 10.8. The summed E-state index contributed by atoms with van der Waals surface area (Å²) in [5, 5.41) is 0. The van der Waals surface area contributed by atoms with Crippen molar-refractivity contribution < 1.29 is 13.9 Å². The molecule has 5 nitrogen and oxygen atoms in total. The average molecular weight is 343 g/mol. The molecule has 0 aromatic carbocycles. The summed E-state index contributed by atoms with van der Waals surface area (Å²) < 4.78 is 25.5. The maximum Gasteiger partial charge on any atom is 0.250 e. The van der Waals surface area contributed by atoms with Gasteiger partial charge in [0, 0.05) is 44.0 Å². The van der Waals surface area contributed by atoms with Crippen LogP contribution < -0.4 is 4.74 Å². The second-order valence-corrected chi connectivity index (χ2v) is 6.87. The highest BCUT2D eigenvalue weighted by molar-refractivity contribution is 5.13. The Morgan fingerprint density at radius 1 is 1.24 bits per heavy atom. The Labute approximate surface area is 146 Å². The molecule has 0 unspecified atom stereocenters. The van der Waals surface area contributed by atoms with Gasteiger partial charge in [-0.2, -0.15) is 0 Å². The van der Waals surface area contributed by atoms with Gasteiger partial charge in [0.1, 0.15) is 0 Å². The van der Waals surface area contributed by atoms with Crippen molar-refractivity contribution in [2.75, 3.05) is 26.3 Å². The van der Waals surface area contributed by atoms with Gasteiger partial charge in [0.05, 0.1) is 18.4 Å². The molecule has 132 valence electrons. The fourth-order valence-electron chi connectivity index (χ4n) is 3.89. The van der Waals surface area contributed by atoms with Gasteiger partial charge in [-0.15, -0.1) is 0 Å². The zero-order valence-electron chi connectivity index (χ0n) is 14.1. The maximum absolute atomic E-state index is 13.8. The summed E-state index contributed by atoms with van der Waals surface area (Å²) in [6.07, 6.45) is 5.42. The van der Waals surface area contributed by atoms with Crippen LogP contribution in [0.15, 0.2) is 42.7 Å². The van der Waals surface area contributed by atoms with Crippen LogP contribution in [-0.2, 0) is 11.3 Å². The fourth-order valence-corrected chi connectivity index (χ4v) is 3.89. The smallest absolute Gasteiger partial charge is 0.250 e. The first kappa shape index (κ1) is 16.4. The van der Waals surface area contributed by atoms with Gasteiger partial charge in [-0.1, -0.05) is 6.07 Å². The summed E-state index contributed by atoms with van der Waals surface area (Å²) in [5.74, 6) is -0.347. The maximum atomic E-state index is 13.8. The van der Waals surface area contributed by atoms with E-state index >= 15 is 0 Å². The number of hydrogen-bond acceptors (Lipinski definition) is 5. The lowest BCUT2D eigenvalue weighted by atomic mass is 9.77. The summed E-state index contributed by atoms with van der Waals surface area (Å²) in [7, 11) is 0. The summed E-state index contributed by atoms with van der Waals surface area (Å²) in [6, 6.07) is 8.92. The third-order valence-electron chi connectivity index (χ3n) is 5.18. The third kappa shape index (κ3) is 3.50. The number of fused-ring (bicyclic) bond motifs is 1. The molecule has 2 aliphatic heterocycles. The number of pyridine rings is 2. The summed E-state index contributed by atoms with van der Waals surface area (Å²) in [6.45, 7) is 3.80. The topological polar surface area (TPSA) is 47.5 Å². The molecule has 0 N–H and O–H groups in total. The highest BCUT2D eigenvalue weighted by atomic mass is 19.1. The Morgan fingerprint density at radius 2 is 2.16 bits per heavy atom. The van der Waals surface area contributed by atoms with E-state index in [0.717, 1.165) is 44.8 Å². The number of nitrogens with zero attached hydrogens (tertiary/aromatic N) is 3. The van der Waals surface area contributed by atoms with Gasteiger partial charge >= 0.3 is 0 Å². The molecule has 2 aromatic rings. The molecule has 0 spiro atoms. The molecule has 6 heteroatoms. The molecule has 25 heavy (non-hydrogen) atoms. The number of hydrogen-bond donors (Lipinski definition) is 0. The quantitative estimate of drug-likeness (QED) is 0.835. The minimum absolute atomic E-state index is 0.0735. The number of halogens is 1. The van der Waals surface area contributed by atoms with Crippen LogP contribution in [0.3, 0.4) is 0 Å². The summed E-state index contributed by atoms with van der Waals surface area (Å²) >= 11 is 0. The van der Waals surface area contributed by atoms with Gasteiger partial charge < -0.3 is 9.47 Å². The average Bonchev–Trinajstić information content (AvgIpc) is 3.05. The van der Waals surface area contributed by atoms with E-state index in [1.807, 2.05) is 24.4 Å². The van der Waals surface area contributed by atoms with E-state index < -0.39 is 5.82 Å². The molecule has 0 bridgehead atoms. The first-order chi connectivity index (χ1) is 12.3. The Morgan fingerprint density at radius 3 is 3.00 bits per heavy atom. The molecule has 2 fully saturated rings. The van der Waals surface area contributed by atoms with Crippen LogP contribution in [0.25, 0.3) is 0 Å². The van der Waals surface area contributed by atoms with Gasteiger partial charge in [0.2, 0.25) is 5.88 Å². The second-order valence-electron chi connectivity index (χ2n) is 6.87. The van der Waals surface area contributed by atoms with E-state index in [0.29, 0.717) is 6.61 Å². The van der Waals surface area contributed by atoms with Gasteiger partial charge in [-0.25, -0.2) is 9.37 Å².